The van der Waals surface area contributed by atoms with Crippen LogP contribution in [0, 0.1) is 17.9 Å². The van der Waals surface area contributed by atoms with Crippen LogP contribution in [0.3, 0.4) is 0 Å². The summed E-state index contributed by atoms with van der Waals surface area (Å²) >= 11 is 1.80. The zero-order valence-corrected chi connectivity index (χ0v) is 16.6. The largest absolute Gasteiger partial charge is 0.309 e. The summed E-state index contributed by atoms with van der Waals surface area (Å²) in [4.78, 5) is 3.47. The summed E-state index contributed by atoms with van der Waals surface area (Å²) in [6.07, 6.45) is 0. The van der Waals surface area contributed by atoms with Crippen molar-refractivity contribution in [3.8, 4) is 11.8 Å². The van der Waals surface area contributed by atoms with Crippen molar-refractivity contribution in [2.75, 3.05) is 0 Å². The van der Waals surface area contributed by atoms with Gasteiger partial charge in [-0.1, -0.05) is 42.5 Å². The highest BCUT2D eigenvalue weighted by Crippen LogP contribution is 2.40. The molecule has 0 saturated carbocycles. The summed E-state index contributed by atoms with van der Waals surface area (Å²) in [6, 6.07) is 29.1. The van der Waals surface area contributed by atoms with Gasteiger partial charge in [-0.15, -0.1) is 11.3 Å². The molecule has 0 atom stereocenters. The first-order valence-corrected chi connectivity index (χ1v) is 10.4. The monoisotopic (exact) mass is 399 g/mol. The maximum Gasteiger partial charge on any atom is 0.204 e. The maximum atomic E-state index is 9.52. The second-order valence-corrected chi connectivity index (χ2v) is 8.33. The third kappa shape index (κ3) is 2.23. The van der Waals surface area contributed by atoms with Gasteiger partial charge in [0.2, 0.25) is 5.69 Å². The summed E-state index contributed by atoms with van der Waals surface area (Å²) in [5.74, 6) is 0. The third-order valence-electron chi connectivity index (χ3n) is 5.65. The number of hydrogen-bond donors (Lipinski definition) is 0. The van der Waals surface area contributed by atoms with E-state index in [2.05, 4.69) is 70.1 Å². The Labute approximate surface area is 176 Å². The molecule has 0 radical (unpaired) electrons. The highest BCUT2D eigenvalue weighted by atomic mass is 32.1. The number of benzene rings is 4. The van der Waals surface area contributed by atoms with Crippen LogP contribution in [0.15, 0.2) is 78.9 Å². The first kappa shape index (κ1) is 16.8. The standard InChI is InChI=1S/C26H13N3S/c1-28-22-11-10-17(12-16(22)15-27)29-23-8-4-2-6-18(23)20-13-21-19-7-3-5-9-25(19)30-26(21)14-24(20)29/h2-14H. The van der Waals surface area contributed by atoms with Crippen LogP contribution in [0.1, 0.15) is 5.56 Å². The van der Waals surface area contributed by atoms with E-state index in [1.807, 2.05) is 18.2 Å². The molecule has 3 nitrogen and oxygen atoms in total. The van der Waals surface area contributed by atoms with Crippen LogP contribution in [-0.4, -0.2) is 4.57 Å². The van der Waals surface area contributed by atoms with Crippen LogP contribution in [-0.2, 0) is 0 Å². The van der Waals surface area contributed by atoms with Crippen LogP contribution >= 0.6 is 11.3 Å². The number of para-hydroxylation sites is 1. The van der Waals surface area contributed by atoms with E-state index in [1.54, 1.807) is 17.4 Å². The number of nitrogens with zero attached hydrogens (tertiary/aromatic N) is 3. The SMILES string of the molecule is [C-]#[N+]c1ccc(-n2c3ccccc3c3cc4c(cc32)sc2ccccc24)cc1C#N. The normalized spacial score (nSPS) is 11.3. The van der Waals surface area contributed by atoms with E-state index >= 15 is 0 Å². The Morgan fingerprint density at radius 3 is 2.40 bits per heavy atom. The van der Waals surface area contributed by atoms with E-state index < -0.39 is 0 Å². The Morgan fingerprint density at radius 1 is 0.767 bits per heavy atom. The van der Waals surface area contributed by atoms with Gasteiger partial charge in [-0.3, -0.25) is 0 Å². The number of rotatable bonds is 1. The number of thiophene rings is 1. The molecule has 4 heteroatoms. The molecule has 2 heterocycles. The van der Waals surface area contributed by atoms with Gasteiger partial charge in [-0.05, 0) is 36.4 Å². The molecule has 0 saturated heterocycles. The van der Waals surface area contributed by atoms with E-state index in [0.29, 0.717) is 11.3 Å². The fourth-order valence-corrected chi connectivity index (χ4v) is 5.44. The van der Waals surface area contributed by atoms with Gasteiger partial charge in [0.25, 0.3) is 0 Å². The zero-order valence-electron chi connectivity index (χ0n) is 15.8. The molecule has 2 aromatic heterocycles. The van der Waals surface area contributed by atoms with Crippen molar-refractivity contribution in [1.82, 2.24) is 4.57 Å². The summed E-state index contributed by atoms with van der Waals surface area (Å²) in [5.41, 5.74) is 3.87. The summed E-state index contributed by atoms with van der Waals surface area (Å²) in [6.45, 7) is 7.31. The molecule has 30 heavy (non-hydrogen) atoms. The Morgan fingerprint density at radius 2 is 1.57 bits per heavy atom. The molecule has 0 N–H and O–H groups in total. The van der Waals surface area contributed by atoms with Crippen molar-refractivity contribution < 1.29 is 0 Å². The molecule has 6 rings (SSSR count). The van der Waals surface area contributed by atoms with Crippen molar-refractivity contribution in [1.29, 1.82) is 5.26 Å². The van der Waals surface area contributed by atoms with E-state index in [4.69, 9.17) is 6.57 Å². The first-order chi connectivity index (χ1) is 14.8. The Hall–Kier alpha value is -4.12. The molecule has 6 aromatic rings. The molecule has 0 amide bonds. The fourth-order valence-electron chi connectivity index (χ4n) is 4.32. The number of aromatic nitrogens is 1. The molecule has 0 spiro atoms. The van der Waals surface area contributed by atoms with E-state index in [9.17, 15) is 5.26 Å². The van der Waals surface area contributed by atoms with Gasteiger partial charge in [0.1, 0.15) is 0 Å². The van der Waals surface area contributed by atoms with Gasteiger partial charge in [0.15, 0.2) is 0 Å². The molecule has 4 aromatic carbocycles. The minimum Gasteiger partial charge on any atom is -0.309 e. The van der Waals surface area contributed by atoms with E-state index in [-0.39, 0.29) is 0 Å². The number of hydrogen-bond acceptors (Lipinski definition) is 2. The van der Waals surface area contributed by atoms with E-state index in [1.165, 1.54) is 30.9 Å². The van der Waals surface area contributed by atoms with Crippen LogP contribution < -0.4 is 0 Å². The lowest BCUT2D eigenvalue weighted by atomic mass is 10.1. The third-order valence-corrected chi connectivity index (χ3v) is 6.78. The molecule has 138 valence electrons. The summed E-state index contributed by atoms with van der Waals surface area (Å²) in [5, 5.41) is 14.4. The lowest BCUT2D eigenvalue weighted by molar-refractivity contribution is 1.18. The van der Waals surface area contributed by atoms with Crippen molar-refractivity contribution in [3.63, 3.8) is 0 Å². The second-order valence-electron chi connectivity index (χ2n) is 7.24. The predicted octanol–water partition coefficient (Wildman–Crippen LogP) is 7.57. The van der Waals surface area contributed by atoms with E-state index in [0.717, 1.165) is 16.7 Å². The van der Waals surface area contributed by atoms with Gasteiger partial charge in [0.05, 0.1) is 29.2 Å². The zero-order chi connectivity index (χ0) is 20.2. The van der Waals surface area contributed by atoms with Crippen LogP contribution in [0.2, 0.25) is 0 Å². The Balaban J connectivity index is 1.78. The van der Waals surface area contributed by atoms with Crippen molar-refractivity contribution in [2.24, 2.45) is 0 Å². The van der Waals surface area contributed by atoms with Crippen LogP contribution in [0.5, 0.6) is 0 Å². The minimum atomic E-state index is 0.383. The molecule has 0 bridgehead atoms. The lowest BCUT2D eigenvalue weighted by Crippen LogP contribution is -1.94. The molecule has 0 aliphatic rings. The van der Waals surface area contributed by atoms with Gasteiger partial charge < -0.3 is 4.57 Å². The Bertz CT molecular complexity index is 1720. The lowest BCUT2D eigenvalue weighted by Gasteiger charge is -2.09. The Kier molecular flexibility index (Phi) is 3.47. The average Bonchev–Trinajstić information content (AvgIpc) is 3.32. The quantitative estimate of drug-likeness (QED) is 0.262. The van der Waals surface area contributed by atoms with Gasteiger partial charge in [-0.25, -0.2) is 4.85 Å². The summed E-state index contributed by atoms with van der Waals surface area (Å²) in [7, 11) is 0. The summed E-state index contributed by atoms with van der Waals surface area (Å²) < 4.78 is 4.72. The molecular formula is C26H13N3S. The highest BCUT2D eigenvalue weighted by Gasteiger charge is 2.16. The maximum absolute atomic E-state index is 9.52. The van der Waals surface area contributed by atoms with Gasteiger partial charge >= 0.3 is 0 Å². The average molecular weight is 399 g/mol. The minimum absolute atomic E-state index is 0.383. The molecule has 0 aliphatic carbocycles. The van der Waals surface area contributed by atoms with Gasteiger partial charge in [-0.2, -0.15) is 5.26 Å². The van der Waals surface area contributed by atoms with Crippen molar-refractivity contribution >= 4 is 59.0 Å². The molecule has 0 aliphatic heterocycles. The molecule has 0 unspecified atom stereocenters. The van der Waals surface area contributed by atoms with Gasteiger partial charge in [0, 0.05) is 36.6 Å². The van der Waals surface area contributed by atoms with Crippen LogP contribution in [0.4, 0.5) is 5.69 Å². The topological polar surface area (TPSA) is 33.1 Å². The fraction of sp³-hybridized carbons (Fsp3) is 0. The van der Waals surface area contributed by atoms with Crippen molar-refractivity contribution in [2.45, 2.75) is 0 Å². The smallest absolute Gasteiger partial charge is 0.204 e. The molecular weight excluding hydrogens is 386 g/mol. The molecule has 0 fully saturated rings. The van der Waals surface area contributed by atoms with Crippen LogP contribution in [0.25, 0.3) is 52.5 Å². The number of fused-ring (bicyclic) bond motifs is 6. The second kappa shape index (κ2) is 6.19. The number of nitriles is 1. The van der Waals surface area contributed by atoms with Crippen molar-refractivity contribution in [3.05, 3.63) is 95.8 Å². The predicted molar refractivity (Wildman–Crippen MR) is 125 cm³/mol. The highest BCUT2D eigenvalue weighted by molar-refractivity contribution is 7.25. The first-order valence-electron chi connectivity index (χ1n) is 9.55.